The number of halogens is 2. The molecule has 20 heavy (non-hydrogen) atoms. The lowest BCUT2D eigenvalue weighted by molar-refractivity contribution is 0.739. The molecular formula is C16H14BrClN2. The molecule has 1 unspecified atom stereocenters. The van der Waals surface area contributed by atoms with Gasteiger partial charge in [-0.2, -0.15) is 5.26 Å². The summed E-state index contributed by atoms with van der Waals surface area (Å²) in [6, 6.07) is 15.8. The molecule has 0 amide bonds. The maximum absolute atomic E-state index is 9.28. The van der Waals surface area contributed by atoms with Crippen molar-refractivity contribution < 1.29 is 0 Å². The van der Waals surface area contributed by atoms with E-state index in [1.807, 2.05) is 49.5 Å². The Labute approximate surface area is 132 Å². The molecule has 0 radical (unpaired) electrons. The topological polar surface area (TPSA) is 27.0 Å². The van der Waals surface area contributed by atoms with Gasteiger partial charge in [-0.05, 0) is 36.8 Å². The Morgan fingerprint density at radius 1 is 1.25 bits per heavy atom. The summed E-state index contributed by atoms with van der Waals surface area (Å²) in [5.41, 5.74) is 2.58. The predicted molar refractivity (Wildman–Crippen MR) is 87.1 cm³/mol. The third-order valence-corrected chi connectivity index (χ3v) is 4.23. The van der Waals surface area contributed by atoms with Gasteiger partial charge >= 0.3 is 0 Å². The lowest BCUT2D eigenvalue weighted by Gasteiger charge is -2.28. The van der Waals surface area contributed by atoms with E-state index in [4.69, 9.17) is 11.6 Å². The van der Waals surface area contributed by atoms with Crippen molar-refractivity contribution >= 4 is 33.2 Å². The van der Waals surface area contributed by atoms with Crippen LogP contribution in [-0.4, -0.2) is 7.05 Å². The van der Waals surface area contributed by atoms with Crippen LogP contribution in [0.3, 0.4) is 0 Å². The van der Waals surface area contributed by atoms with Crippen molar-refractivity contribution in [2.75, 3.05) is 11.9 Å². The molecule has 2 aromatic rings. The molecule has 0 fully saturated rings. The summed E-state index contributed by atoms with van der Waals surface area (Å²) in [4.78, 5) is 2.06. The zero-order valence-corrected chi connectivity index (χ0v) is 13.6. The number of nitrogens with zero attached hydrogens (tertiary/aromatic N) is 2. The second-order valence-electron chi connectivity index (χ2n) is 4.58. The zero-order chi connectivity index (χ0) is 14.7. The Bertz CT molecular complexity index is 664. The summed E-state index contributed by atoms with van der Waals surface area (Å²) < 4.78 is 0.900. The molecule has 0 heterocycles. The minimum Gasteiger partial charge on any atom is -0.367 e. The van der Waals surface area contributed by atoms with E-state index in [0.717, 1.165) is 20.7 Å². The van der Waals surface area contributed by atoms with Crippen LogP contribution >= 0.6 is 27.5 Å². The number of nitriles is 1. The van der Waals surface area contributed by atoms with Crippen LogP contribution in [0.1, 0.15) is 24.1 Å². The van der Waals surface area contributed by atoms with E-state index in [1.165, 1.54) is 0 Å². The van der Waals surface area contributed by atoms with Crippen molar-refractivity contribution in [2.45, 2.75) is 13.0 Å². The first-order valence-corrected chi connectivity index (χ1v) is 7.38. The first kappa shape index (κ1) is 14.9. The van der Waals surface area contributed by atoms with Crippen molar-refractivity contribution in [1.82, 2.24) is 0 Å². The van der Waals surface area contributed by atoms with Gasteiger partial charge in [-0.1, -0.05) is 45.7 Å². The lowest BCUT2D eigenvalue weighted by Crippen LogP contribution is -2.22. The normalized spacial score (nSPS) is 11.8. The monoisotopic (exact) mass is 348 g/mol. The van der Waals surface area contributed by atoms with E-state index >= 15 is 0 Å². The van der Waals surface area contributed by atoms with Crippen LogP contribution in [0.5, 0.6) is 0 Å². The second-order valence-corrected chi connectivity index (χ2v) is 5.90. The summed E-state index contributed by atoms with van der Waals surface area (Å²) in [7, 11) is 1.97. The van der Waals surface area contributed by atoms with Gasteiger partial charge in [-0.15, -0.1) is 0 Å². The van der Waals surface area contributed by atoms with E-state index in [0.29, 0.717) is 5.56 Å². The summed E-state index contributed by atoms with van der Waals surface area (Å²) in [5, 5.41) is 10.0. The fraction of sp³-hybridized carbons (Fsp3) is 0.188. The van der Waals surface area contributed by atoms with E-state index < -0.39 is 0 Å². The minimum atomic E-state index is 0.0805. The fourth-order valence-electron chi connectivity index (χ4n) is 2.14. The number of rotatable bonds is 3. The molecule has 0 bridgehead atoms. The standard InChI is InChI=1S/C16H14BrClN2/c1-11(14-5-3-4-6-15(14)18)20(2)16-8-7-13(17)9-12(16)10-19/h3-9,11H,1-2H3. The highest BCUT2D eigenvalue weighted by atomic mass is 79.9. The Kier molecular flexibility index (Phi) is 4.69. The smallest absolute Gasteiger partial charge is 0.101 e. The fourth-order valence-corrected chi connectivity index (χ4v) is 2.79. The summed E-state index contributed by atoms with van der Waals surface area (Å²) in [5.74, 6) is 0. The van der Waals surface area contributed by atoms with Gasteiger partial charge in [0.25, 0.3) is 0 Å². The van der Waals surface area contributed by atoms with Gasteiger partial charge in [-0.25, -0.2) is 0 Å². The van der Waals surface area contributed by atoms with E-state index in [-0.39, 0.29) is 6.04 Å². The summed E-state index contributed by atoms with van der Waals surface area (Å²) >= 11 is 9.64. The highest BCUT2D eigenvalue weighted by molar-refractivity contribution is 9.10. The molecular weight excluding hydrogens is 336 g/mol. The number of anilines is 1. The highest BCUT2D eigenvalue weighted by Gasteiger charge is 2.17. The number of benzene rings is 2. The maximum Gasteiger partial charge on any atom is 0.101 e. The van der Waals surface area contributed by atoms with Crippen LogP contribution in [0.25, 0.3) is 0 Å². The molecule has 2 nitrogen and oxygen atoms in total. The van der Waals surface area contributed by atoms with Crippen LogP contribution in [0.15, 0.2) is 46.9 Å². The summed E-state index contributed by atoms with van der Waals surface area (Å²) in [6.07, 6.45) is 0. The predicted octanol–water partition coefficient (Wildman–Crippen LogP) is 5.17. The van der Waals surface area contributed by atoms with Crippen LogP contribution < -0.4 is 4.90 Å². The SMILES string of the molecule is CC(c1ccccc1Cl)N(C)c1ccc(Br)cc1C#N. The van der Waals surface area contributed by atoms with Crippen LogP contribution in [0, 0.1) is 11.3 Å². The van der Waals surface area contributed by atoms with Gasteiger partial charge in [0.05, 0.1) is 17.3 Å². The third kappa shape index (κ3) is 2.98. The van der Waals surface area contributed by atoms with Gasteiger partial charge in [0.1, 0.15) is 6.07 Å². The average molecular weight is 350 g/mol. The molecule has 1 atom stereocenters. The molecule has 2 rings (SSSR count). The Morgan fingerprint density at radius 3 is 2.60 bits per heavy atom. The zero-order valence-electron chi connectivity index (χ0n) is 11.3. The molecule has 4 heteroatoms. The van der Waals surface area contributed by atoms with E-state index in [2.05, 4.69) is 33.8 Å². The van der Waals surface area contributed by atoms with E-state index in [1.54, 1.807) is 0 Å². The molecule has 0 saturated carbocycles. The first-order valence-electron chi connectivity index (χ1n) is 6.21. The highest BCUT2D eigenvalue weighted by Crippen LogP contribution is 2.32. The third-order valence-electron chi connectivity index (χ3n) is 3.40. The van der Waals surface area contributed by atoms with Gasteiger partial charge in [0.2, 0.25) is 0 Å². The quantitative estimate of drug-likeness (QED) is 0.764. The van der Waals surface area contributed by atoms with Crippen molar-refractivity contribution in [3.8, 4) is 6.07 Å². The van der Waals surface area contributed by atoms with Crippen molar-refractivity contribution in [2.24, 2.45) is 0 Å². The summed E-state index contributed by atoms with van der Waals surface area (Å²) in [6.45, 7) is 2.07. The Hall–Kier alpha value is -1.50. The van der Waals surface area contributed by atoms with Crippen molar-refractivity contribution in [3.63, 3.8) is 0 Å². The molecule has 0 aliphatic rings. The molecule has 0 N–H and O–H groups in total. The largest absolute Gasteiger partial charge is 0.367 e. The molecule has 0 spiro atoms. The van der Waals surface area contributed by atoms with Gasteiger partial charge in [0, 0.05) is 16.5 Å². The molecule has 2 aromatic carbocycles. The van der Waals surface area contributed by atoms with Gasteiger partial charge < -0.3 is 4.90 Å². The van der Waals surface area contributed by atoms with Crippen molar-refractivity contribution in [3.05, 3.63) is 63.1 Å². The first-order chi connectivity index (χ1) is 9.54. The van der Waals surface area contributed by atoms with E-state index in [9.17, 15) is 5.26 Å². The second kappa shape index (κ2) is 6.30. The minimum absolute atomic E-state index is 0.0805. The van der Waals surface area contributed by atoms with Crippen LogP contribution in [0.2, 0.25) is 5.02 Å². The molecule has 0 aliphatic heterocycles. The number of hydrogen-bond acceptors (Lipinski definition) is 2. The average Bonchev–Trinajstić information content (AvgIpc) is 2.46. The van der Waals surface area contributed by atoms with Crippen molar-refractivity contribution in [1.29, 1.82) is 5.26 Å². The Balaban J connectivity index is 2.39. The molecule has 0 aromatic heterocycles. The molecule has 102 valence electrons. The molecule has 0 aliphatic carbocycles. The van der Waals surface area contributed by atoms with Gasteiger partial charge in [-0.3, -0.25) is 0 Å². The Morgan fingerprint density at radius 2 is 1.95 bits per heavy atom. The van der Waals surface area contributed by atoms with Crippen LogP contribution in [0.4, 0.5) is 5.69 Å². The maximum atomic E-state index is 9.28. The van der Waals surface area contributed by atoms with Crippen LogP contribution in [-0.2, 0) is 0 Å². The number of hydrogen-bond donors (Lipinski definition) is 0. The molecule has 0 saturated heterocycles. The lowest BCUT2D eigenvalue weighted by atomic mass is 10.1. The van der Waals surface area contributed by atoms with Gasteiger partial charge in [0.15, 0.2) is 0 Å².